The van der Waals surface area contributed by atoms with E-state index in [4.69, 9.17) is 16.9 Å². The van der Waals surface area contributed by atoms with Gasteiger partial charge in [-0.15, -0.1) is 11.3 Å². The summed E-state index contributed by atoms with van der Waals surface area (Å²) >= 11 is 1.49. The van der Waals surface area contributed by atoms with Gasteiger partial charge in [0.25, 0.3) is 0 Å². The molecule has 1 aliphatic carbocycles. The Hall–Kier alpha value is -4.93. The van der Waals surface area contributed by atoms with Gasteiger partial charge in [0.15, 0.2) is 5.96 Å². The van der Waals surface area contributed by atoms with Crippen molar-refractivity contribution in [3.63, 3.8) is 0 Å². The number of likely N-dealkylation sites (N-methyl/N-ethyl adjacent to an activating group) is 1. The Balaban J connectivity index is 0.000000331. The van der Waals surface area contributed by atoms with Crippen molar-refractivity contribution in [2.24, 2.45) is 17.4 Å². The number of aliphatic carboxylic acids is 1. The van der Waals surface area contributed by atoms with E-state index < -0.39 is 24.0 Å². The Kier molecular flexibility index (Phi) is 18.5. The lowest BCUT2D eigenvalue weighted by Gasteiger charge is -2.41. The molecule has 0 bridgehead atoms. The first-order valence-electron chi connectivity index (χ1n) is 18.2. The van der Waals surface area contributed by atoms with E-state index in [0.29, 0.717) is 64.5 Å². The Bertz CT molecular complexity index is 1600. The Morgan fingerprint density at radius 2 is 1.70 bits per heavy atom. The van der Waals surface area contributed by atoms with Gasteiger partial charge in [0, 0.05) is 30.7 Å². The van der Waals surface area contributed by atoms with Crippen LogP contribution in [0.15, 0.2) is 66.2 Å². The van der Waals surface area contributed by atoms with Gasteiger partial charge in [0.1, 0.15) is 16.9 Å². The van der Waals surface area contributed by atoms with Gasteiger partial charge < -0.3 is 42.7 Å². The minimum Gasteiger partial charge on any atom is -0.481 e. The number of halogens is 1. The van der Waals surface area contributed by atoms with Crippen LogP contribution in [0.4, 0.5) is 4.39 Å². The number of hydrogen-bond acceptors (Lipinski definition) is 9. The van der Waals surface area contributed by atoms with E-state index in [-0.39, 0.29) is 48.1 Å². The highest BCUT2D eigenvalue weighted by atomic mass is 32.1. The summed E-state index contributed by atoms with van der Waals surface area (Å²) in [6.45, 7) is 2.68. The third-order valence-electron chi connectivity index (χ3n) is 9.02. The Labute approximate surface area is 320 Å². The maximum absolute atomic E-state index is 13.3. The number of nitrogens with zero attached hydrogens (tertiary/aromatic N) is 2. The number of benzene rings is 2. The van der Waals surface area contributed by atoms with Crippen LogP contribution in [0, 0.1) is 17.1 Å². The molecule has 2 aromatic carbocycles. The first kappa shape index (κ1) is 43.5. The molecule has 0 radical (unpaired) electrons. The van der Waals surface area contributed by atoms with Crippen LogP contribution in [0.25, 0.3) is 0 Å². The fourth-order valence-electron chi connectivity index (χ4n) is 6.30. The molecule has 1 fully saturated rings. The third-order valence-corrected chi connectivity index (χ3v) is 9.91. The fraction of sp³-hybridized carbons (Fsp3) is 0.474. The van der Waals surface area contributed by atoms with Crippen molar-refractivity contribution in [3.8, 4) is 0 Å². The molecule has 0 spiro atoms. The van der Waals surface area contributed by atoms with Gasteiger partial charge in [0.05, 0.1) is 24.5 Å². The summed E-state index contributed by atoms with van der Waals surface area (Å²) < 4.78 is 12.9. The van der Waals surface area contributed by atoms with Crippen LogP contribution in [-0.4, -0.2) is 89.4 Å². The summed E-state index contributed by atoms with van der Waals surface area (Å²) in [7, 11) is 1.72. The molecular formula is C38H54FN9O5S. The van der Waals surface area contributed by atoms with E-state index in [1.807, 2.05) is 35.7 Å². The average Bonchev–Trinajstić information content (AvgIpc) is 3.69. The summed E-state index contributed by atoms with van der Waals surface area (Å²) in [4.78, 5) is 55.5. The molecule has 3 amide bonds. The SMILES string of the molecule is CNCC(=O)N[C@@H](Cc1ccc(F)cc1)c1nccs1.C[C@H](N)C(=O)N(C1CCC(C(=O)O)CC1)[C@@H](CCCNC(=N)N)C(=O)NCCc1ccccc1. The second-order valence-corrected chi connectivity index (χ2v) is 14.2. The van der Waals surface area contributed by atoms with Crippen LogP contribution in [0.1, 0.15) is 67.6 Å². The zero-order valence-electron chi connectivity index (χ0n) is 30.9. The highest BCUT2D eigenvalue weighted by Crippen LogP contribution is 2.30. The average molecular weight is 768 g/mol. The van der Waals surface area contributed by atoms with Crippen LogP contribution in [-0.2, 0) is 32.0 Å². The van der Waals surface area contributed by atoms with Gasteiger partial charge in [-0.05, 0) is 88.6 Å². The van der Waals surface area contributed by atoms with Gasteiger partial charge >= 0.3 is 5.97 Å². The van der Waals surface area contributed by atoms with Crippen molar-refractivity contribution in [1.82, 2.24) is 31.2 Å². The van der Waals surface area contributed by atoms with E-state index in [1.54, 1.807) is 37.2 Å². The maximum atomic E-state index is 13.3. The number of nitrogens with two attached hydrogens (primary N) is 2. The molecule has 54 heavy (non-hydrogen) atoms. The van der Waals surface area contributed by atoms with Gasteiger partial charge in [-0.25, -0.2) is 9.37 Å². The molecule has 10 N–H and O–H groups in total. The van der Waals surface area contributed by atoms with E-state index in [1.165, 1.54) is 23.5 Å². The van der Waals surface area contributed by atoms with Gasteiger partial charge in [-0.3, -0.25) is 24.6 Å². The van der Waals surface area contributed by atoms with Crippen LogP contribution in [0.2, 0.25) is 0 Å². The van der Waals surface area contributed by atoms with E-state index in [0.717, 1.165) is 16.1 Å². The zero-order valence-corrected chi connectivity index (χ0v) is 31.7. The number of rotatable bonds is 18. The molecule has 1 saturated carbocycles. The van der Waals surface area contributed by atoms with Crippen LogP contribution in [0.5, 0.6) is 0 Å². The van der Waals surface area contributed by atoms with E-state index in [2.05, 4.69) is 26.3 Å². The number of guanidine groups is 1. The molecular weight excluding hydrogens is 714 g/mol. The van der Waals surface area contributed by atoms with E-state index >= 15 is 0 Å². The second kappa shape index (κ2) is 23.0. The number of hydrogen-bond donors (Lipinski definition) is 8. The molecule has 0 saturated heterocycles. The molecule has 4 rings (SSSR count). The normalized spacial score (nSPS) is 16.7. The standard InChI is InChI=1S/C24H38N6O4.C14H16FN3OS/c1-16(25)22(32)30(19-11-9-18(10-12-19)23(33)34)20(8-5-14-29-24(26)27)21(31)28-15-13-17-6-3-2-4-7-17;1-16-9-13(19)18-12(14-17-6-7-20-14)8-10-2-4-11(15)5-3-10/h2-4,6-7,16,18-20H,5,8-15,25H2,1H3,(H,28,31)(H,33,34)(H4,26,27,29);2-7,12,16H,8-9H2,1H3,(H,18,19)/t16-,18?,19?,20-;12-/m00/s1. The van der Waals surface area contributed by atoms with Crippen LogP contribution in [0.3, 0.4) is 0 Å². The highest BCUT2D eigenvalue weighted by molar-refractivity contribution is 7.09. The molecule has 1 aromatic heterocycles. The largest absolute Gasteiger partial charge is 0.481 e. The topological polar surface area (TPSA) is 229 Å². The molecule has 3 aromatic rings. The molecule has 14 nitrogen and oxygen atoms in total. The number of aromatic nitrogens is 1. The number of amides is 3. The predicted octanol–water partition coefficient (Wildman–Crippen LogP) is 2.70. The Morgan fingerprint density at radius 1 is 1.02 bits per heavy atom. The van der Waals surface area contributed by atoms with E-state index in [9.17, 15) is 28.7 Å². The fourth-order valence-corrected chi connectivity index (χ4v) is 6.99. The van der Waals surface area contributed by atoms with Crippen molar-refractivity contribution < 1.29 is 28.7 Å². The minimum absolute atomic E-state index is 0.0881. The molecule has 16 heteroatoms. The minimum atomic E-state index is -0.825. The maximum Gasteiger partial charge on any atom is 0.306 e. The van der Waals surface area contributed by atoms with Crippen molar-refractivity contribution in [2.75, 3.05) is 26.7 Å². The summed E-state index contributed by atoms with van der Waals surface area (Å²) in [6.07, 6.45) is 5.78. The summed E-state index contributed by atoms with van der Waals surface area (Å²) in [5, 5.41) is 30.8. The van der Waals surface area contributed by atoms with Crippen molar-refractivity contribution in [1.29, 1.82) is 5.41 Å². The van der Waals surface area contributed by atoms with Gasteiger partial charge in [-0.1, -0.05) is 42.5 Å². The lowest BCUT2D eigenvalue weighted by molar-refractivity contribution is -0.147. The molecule has 0 unspecified atom stereocenters. The monoisotopic (exact) mass is 767 g/mol. The first-order chi connectivity index (χ1) is 25.9. The number of thiazole rings is 1. The molecule has 0 aliphatic heterocycles. The summed E-state index contributed by atoms with van der Waals surface area (Å²) in [5.41, 5.74) is 13.4. The molecule has 1 aliphatic rings. The summed E-state index contributed by atoms with van der Waals surface area (Å²) in [5.74, 6) is -2.34. The van der Waals surface area contributed by atoms with Crippen molar-refractivity contribution >= 4 is 41.0 Å². The lowest BCUT2D eigenvalue weighted by atomic mass is 9.84. The highest BCUT2D eigenvalue weighted by Gasteiger charge is 2.38. The molecule has 3 atom stereocenters. The smallest absolute Gasteiger partial charge is 0.306 e. The third kappa shape index (κ3) is 14.8. The molecule has 294 valence electrons. The Morgan fingerprint density at radius 3 is 2.28 bits per heavy atom. The number of carbonyl (C=O) groups excluding carboxylic acids is 3. The zero-order chi connectivity index (χ0) is 39.5. The second-order valence-electron chi connectivity index (χ2n) is 13.3. The first-order valence-corrected chi connectivity index (χ1v) is 19.0. The van der Waals surface area contributed by atoms with Crippen molar-refractivity contribution in [3.05, 3.63) is 88.1 Å². The van der Waals surface area contributed by atoms with Gasteiger partial charge in [-0.2, -0.15) is 0 Å². The number of carboxylic acids is 1. The lowest BCUT2D eigenvalue weighted by Crippen LogP contribution is -2.58. The number of carbonyl (C=O) groups is 4. The number of carboxylic acid groups (broad SMARTS) is 1. The van der Waals surface area contributed by atoms with Crippen LogP contribution < -0.4 is 32.7 Å². The number of nitrogens with one attached hydrogen (secondary N) is 5. The predicted molar refractivity (Wildman–Crippen MR) is 207 cm³/mol. The van der Waals surface area contributed by atoms with Crippen LogP contribution >= 0.6 is 11.3 Å². The quantitative estimate of drug-likeness (QED) is 0.0536. The van der Waals surface area contributed by atoms with Gasteiger partial charge in [0.2, 0.25) is 17.7 Å². The van der Waals surface area contributed by atoms with Crippen molar-refractivity contribution in [2.45, 2.75) is 82.5 Å². The molecule has 1 heterocycles. The summed E-state index contributed by atoms with van der Waals surface area (Å²) in [6, 6.07) is 14.1.